The predicted molar refractivity (Wildman–Crippen MR) is 49.9 cm³/mol. The number of rotatable bonds is 1. The van der Waals surface area contributed by atoms with Crippen molar-refractivity contribution < 1.29 is 0 Å². The third-order valence-electron chi connectivity index (χ3n) is 2.05. The lowest BCUT2D eigenvalue weighted by atomic mass is 10.3. The van der Waals surface area contributed by atoms with Crippen LogP contribution in [-0.2, 0) is 6.42 Å². The summed E-state index contributed by atoms with van der Waals surface area (Å²) in [7, 11) is 0. The summed E-state index contributed by atoms with van der Waals surface area (Å²) in [6, 6.07) is 3.44. The maximum Gasteiger partial charge on any atom is 0.251 e. The summed E-state index contributed by atoms with van der Waals surface area (Å²) in [5.74, 6) is 0. The summed E-state index contributed by atoms with van der Waals surface area (Å²) < 4.78 is 1.75. The predicted octanol–water partition coefficient (Wildman–Crippen LogP) is 0.893. The van der Waals surface area contributed by atoms with Crippen molar-refractivity contribution >= 4 is 5.65 Å². The van der Waals surface area contributed by atoms with Crippen LogP contribution in [0.4, 0.5) is 0 Å². The van der Waals surface area contributed by atoms with Crippen LogP contribution in [0.5, 0.6) is 0 Å². The summed E-state index contributed by atoms with van der Waals surface area (Å²) >= 11 is 0. The quantitative estimate of drug-likeness (QED) is 0.703. The van der Waals surface area contributed by atoms with Crippen LogP contribution in [0.2, 0.25) is 0 Å². The lowest BCUT2D eigenvalue weighted by Gasteiger charge is -1.95. The monoisotopic (exact) mass is 177 g/mol. The van der Waals surface area contributed by atoms with Crippen molar-refractivity contribution in [3.8, 4) is 0 Å². The van der Waals surface area contributed by atoms with Crippen molar-refractivity contribution in [2.75, 3.05) is 0 Å². The summed E-state index contributed by atoms with van der Waals surface area (Å²) in [5, 5.41) is 4.32. The molecule has 0 spiro atoms. The van der Waals surface area contributed by atoms with E-state index in [-0.39, 0.29) is 5.56 Å². The van der Waals surface area contributed by atoms with E-state index in [4.69, 9.17) is 0 Å². The van der Waals surface area contributed by atoms with Crippen LogP contribution < -0.4 is 5.56 Å². The highest BCUT2D eigenvalue weighted by molar-refractivity contribution is 5.39. The molecule has 0 saturated heterocycles. The highest BCUT2D eigenvalue weighted by Gasteiger charge is 2.02. The molecule has 0 aliphatic carbocycles. The van der Waals surface area contributed by atoms with E-state index in [1.54, 1.807) is 10.6 Å². The van der Waals surface area contributed by atoms with Crippen LogP contribution >= 0.6 is 0 Å². The van der Waals surface area contributed by atoms with Crippen molar-refractivity contribution in [2.24, 2.45) is 0 Å². The lowest BCUT2D eigenvalue weighted by Crippen LogP contribution is -2.09. The van der Waals surface area contributed by atoms with Gasteiger partial charge in [-0.3, -0.25) is 4.79 Å². The van der Waals surface area contributed by atoms with Crippen molar-refractivity contribution in [1.29, 1.82) is 0 Å². The van der Waals surface area contributed by atoms with Crippen molar-refractivity contribution in [2.45, 2.75) is 20.3 Å². The fourth-order valence-electron chi connectivity index (χ4n) is 1.37. The van der Waals surface area contributed by atoms with Crippen molar-refractivity contribution in [1.82, 2.24) is 14.6 Å². The number of aromatic nitrogens is 3. The first-order chi connectivity index (χ1) is 6.20. The molecule has 4 nitrogen and oxygen atoms in total. The van der Waals surface area contributed by atoms with E-state index in [1.807, 2.05) is 19.9 Å². The van der Waals surface area contributed by atoms with E-state index in [9.17, 15) is 4.79 Å². The number of aryl methyl sites for hydroxylation is 2. The largest absolute Gasteiger partial charge is 0.307 e. The first-order valence-electron chi connectivity index (χ1n) is 4.29. The Hall–Kier alpha value is -1.58. The van der Waals surface area contributed by atoms with Gasteiger partial charge in [0.1, 0.15) is 5.65 Å². The molecule has 0 bridgehead atoms. The number of fused-ring (bicyclic) bond motifs is 1. The molecule has 2 aromatic heterocycles. The van der Waals surface area contributed by atoms with Gasteiger partial charge in [0.05, 0.1) is 5.69 Å². The van der Waals surface area contributed by atoms with Crippen LogP contribution in [0.15, 0.2) is 16.9 Å². The molecule has 0 amide bonds. The van der Waals surface area contributed by atoms with Crippen LogP contribution in [0.25, 0.3) is 5.65 Å². The first-order valence-corrected chi connectivity index (χ1v) is 4.29. The molecule has 0 aromatic carbocycles. The van der Waals surface area contributed by atoms with E-state index in [0.29, 0.717) is 0 Å². The van der Waals surface area contributed by atoms with Gasteiger partial charge in [0.25, 0.3) is 5.56 Å². The normalized spacial score (nSPS) is 10.9. The Morgan fingerprint density at radius 3 is 3.00 bits per heavy atom. The van der Waals surface area contributed by atoms with Gasteiger partial charge in [0.2, 0.25) is 0 Å². The van der Waals surface area contributed by atoms with E-state index in [0.717, 1.165) is 23.5 Å². The van der Waals surface area contributed by atoms with Gasteiger partial charge in [0, 0.05) is 17.8 Å². The SMILES string of the molecule is CCc1cc2[nH]c(=O)cc(C)n2n1. The summed E-state index contributed by atoms with van der Waals surface area (Å²) in [5.41, 5.74) is 2.54. The Morgan fingerprint density at radius 1 is 1.54 bits per heavy atom. The minimum absolute atomic E-state index is 0.0763. The maximum absolute atomic E-state index is 11.1. The molecule has 0 atom stereocenters. The fourth-order valence-corrected chi connectivity index (χ4v) is 1.37. The van der Waals surface area contributed by atoms with E-state index in [2.05, 4.69) is 10.1 Å². The van der Waals surface area contributed by atoms with E-state index < -0.39 is 0 Å². The zero-order valence-corrected chi connectivity index (χ0v) is 7.66. The third kappa shape index (κ3) is 1.24. The van der Waals surface area contributed by atoms with Crippen LogP contribution in [-0.4, -0.2) is 14.6 Å². The third-order valence-corrected chi connectivity index (χ3v) is 2.05. The molecule has 2 heterocycles. The lowest BCUT2D eigenvalue weighted by molar-refractivity contribution is 0.850. The second-order valence-corrected chi connectivity index (χ2v) is 3.06. The number of aromatic amines is 1. The van der Waals surface area contributed by atoms with Gasteiger partial charge in [-0.05, 0) is 13.3 Å². The van der Waals surface area contributed by atoms with Crippen molar-refractivity contribution in [3.63, 3.8) is 0 Å². The van der Waals surface area contributed by atoms with Crippen LogP contribution in [0.3, 0.4) is 0 Å². The minimum atomic E-state index is -0.0763. The minimum Gasteiger partial charge on any atom is -0.307 e. The van der Waals surface area contributed by atoms with E-state index in [1.165, 1.54) is 0 Å². The Bertz CT molecular complexity index is 495. The molecule has 0 unspecified atom stereocenters. The number of nitrogens with zero attached hydrogens (tertiary/aromatic N) is 2. The summed E-state index contributed by atoms with van der Waals surface area (Å²) in [4.78, 5) is 13.8. The molecule has 2 aromatic rings. The number of nitrogens with one attached hydrogen (secondary N) is 1. The van der Waals surface area contributed by atoms with Gasteiger partial charge >= 0.3 is 0 Å². The number of hydrogen-bond donors (Lipinski definition) is 1. The van der Waals surface area contributed by atoms with Gasteiger partial charge in [-0.2, -0.15) is 5.10 Å². The van der Waals surface area contributed by atoms with Gasteiger partial charge in [-0.25, -0.2) is 4.52 Å². The molecule has 13 heavy (non-hydrogen) atoms. The smallest absolute Gasteiger partial charge is 0.251 e. The van der Waals surface area contributed by atoms with Gasteiger partial charge in [-0.1, -0.05) is 6.92 Å². The molecule has 0 aliphatic heterocycles. The standard InChI is InChI=1S/C9H11N3O/c1-3-7-5-8-10-9(13)4-6(2)12(8)11-7/h4-5H,3H2,1-2H3,(H,10,13). The van der Waals surface area contributed by atoms with Gasteiger partial charge in [-0.15, -0.1) is 0 Å². The topological polar surface area (TPSA) is 50.2 Å². The molecule has 0 fully saturated rings. The average molecular weight is 177 g/mol. The van der Waals surface area contributed by atoms with E-state index >= 15 is 0 Å². The zero-order chi connectivity index (χ0) is 9.42. The molecule has 0 radical (unpaired) electrons. The molecule has 68 valence electrons. The molecule has 0 aliphatic rings. The number of hydrogen-bond acceptors (Lipinski definition) is 2. The average Bonchev–Trinajstić information content (AvgIpc) is 2.47. The fraction of sp³-hybridized carbons (Fsp3) is 0.333. The second-order valence-electron chi connectivity index (χ2n) is 3.06. The molecular formula is C9H11N3O. The molecule has 2 rings (SSSR count). The second kappa shape index (κ2) is 2.73. The van der Waals surface area contributed by atoms with Gasteiger partial charge in [0.15, 0.2) is 0 Å². The molecular weight excluding hydrogens is 166 g/mol. The Morgan fingerprint density at radius 2 is 2.31 bits per heavy atom. The maximum atomic E-state index is 11.1. The molecule has 1 N–H and O–H groups in total. The van der Waals surface area contributed by atoms with Crippen LogP contribution in [0, 0.1) is 6.92 Å². The van der Waals surface area contributed by atoms with Gasteiger partial charge < -0.3 is 4.98 Å². The highest BCUT2D eigenvalue weighted by Crippen LogP contribution is 2.04. The first kappa shape index (κ1) is 8.04. The van der Waals surface area contributed by atoms with Crippen LogP contribution in [0.1, 0.15) is 18.3 Å². The Kier molecular flexibility index (Phi) is 1.69. The summed E-state index contributed by atoms with van der Waals surface area (Å²) in [6.07, 6.45) is 0.878. The van der Waals surface area contributed by atoms with Crippen molar-refractivity contribution in [3.05, 3.63) is 33.9 Å². The highest BCUT2D eigenvalue weighted by atomic mass is 16.1. The zero-order valence-electron chi connectivity index (χ0n) is 7.66. The Labute approximate surface area is 75.2 Å². The molecule has 0 saturated carbocycles. The number of H-pyrrole nitrogens is 1. The Balaban J connectivity index is 2.83. The molecule has 4 heteroatoms. The summed E-state index contributed by atoms with van der Waals surface area (Å²) in [6.45, 7) is 3.91.